The molecule has 96 valence electrons. The van der Waals surface area contributed by atoms with Gasteiger partial charge < -0.3 is 10.6 Å². The van der Waals surface area contributed by atoms with Gasteiger partial charge in [-0.2, -0.15) is 5.10 Å². The minimum Gasteiger partial charge on any atom is -0.351 e. The van der Waals surface area contributed by atoms with Gasteiger partial charge in [-0.15, -0.1) is 0 Å². The molecule has 0 amide bonds. The Morgan fingerprint density at radius 1 is 1.44 bits per heavy atom. The van der Waals surface area contributed by atoms with Crippen LogP contribution in [0.1, 0.15) is 19.8 Å². The molecule has 0 aromatic carbocycles. The maximum Gasteiger partial charge on any atom is 0.154 e. The first-order valence-corrected chi connectivity index (χ1v) is 6.54. The fraction of sp³-hybridized carbons (Fsp3) is 0.538. The molecule has 5 heteroatoms. The van der Waals surface area contributed by atoms with E-state index < -0.39 is 0 Å². The molecule has 18 heavy (non-hydrogen) atoms. The fourth-order valence-corrected chi connectivity index (χ4v) is 2.82. The minimum absolute atomic E-state index is 0.391. The van der Waals surface area contributed by atoms with E-state index >= 15 is 0 Å². The van der Waals surface area contributed by atoms with Gasteiger partial charge in [-0.05, 0) is 24.8 Å². The summed E-state index contributed by atoms with van der Waals surface area (Å²) in [5, 5.41) is 4.26. The summed E-state index contributed by atoms with van der Waals surface area (Å²) in [5.74, 6) is 1.76. The molecule has 0 radical (unpaired) electrons. The molecule has 2 unspecified atom stereocenters. The van der Waals surface area contributed by atoms with E-state index in [9.17, 15) is 0 Å². The second kappa shape index (κ2) is 4.57. The zero-order valence-electron chi connectivity index (χ0n) is 10.7. The molecule has 1 saturated heterocycles. The Morgan fingerprint density at radius 2 is 2.33 bits per heavy atom. The van der Waals surface area contributed by atoms with Crippen LogP contribution in [0.15, 0.2) is 24.7 Å². The molecule has 2 aromatic rings. The number of nitrogens with two attached hydrogens (primary N) is 1. The number of piperidine rings is 1. The van der Waals surface area contributed by atoms with Crippen LogP contribution in [0.2, 0.25) is 0 Å². The van der Waals surface area contributed by atoms with Gasteiger partial charge in [0.2, 0.25) is 0 Å². The standard InChI is InChI=1S/C13H19N5/c1-10-3-6-17(11(8-10)9-14)13-12-2-4-16-18(12)7-5-15-13/h2,4-5,7,10-11H,3,6,8-9,14H2,1H3. The van der Waals surface area contributed by atoms with Crippen molar-refractivity contribution in [2.75, 3.05) is 18.0 Å². The molecular weight excluding hydrogens is 226 g/mol. The van der Waals surface area contributed by atoms with Crippen LogP contribution >= 0.6 is 0 Å². The topological polar surface area (TPSA) is 59.5 Å². The summed E-state index contributed by atoms with van der Waals surface area (Å²) >= 11 is 0. The average molecular weight is 245 g/mol. The van der Waals surface area contributed by atoms with Gasteiger partial charge in [-0.25, -0.2) is 9.50 Å². The van der Waals surface area contributed by atoms with Gasteiger partial charge in [0.15, 0.2) is 5.82 Å². The Labute approximate surface area is 107 Å². The van der Waals surface area contributed by atoms with Crippen LogP contribution in [0.4, 0.5) is 5.82 Å². The summed E-state index contributed by atoms with van der Waals surface area (Å²) in [5.41, 5.74) is 6.98. The van der Waals surface area contributed by atoms with E-state index in [4.69, 9.17) is 5.73 Å². The SMILES string of the molecule is CC1CCN(c2nccn3nccc23)C(CN)C1. The summed E-state index contributed by atoms with van der Waals surface area (Å²) in [6, 6.07) is 2.40. The maximum absolute atomic E-state index is 5.92. The summed E-state index contributed by atoms with van der Waals surface area (Å²) in [4.78, 5) is 6.88. The summed E-state index contributed by atoms with van der Waals surface area (Å²) in [6.45, 7) is 4.01. The Hall–Kier alpha value is -1.62. The van der Waals surface area contributed by atoms with E-state index in [0.717, 1.165) is 30.2 Å². The number of nitrogens with zero attached hydrogens (tertiary/aromatic N) is 4. The Morgan fingerprint density at radius 3 is 3.17 bits per heavy atom. The largest absolute Gasteiger partial charge is 0.351 e. The van der Waals surface area contributed by atoms with Crippen molar-refractivity contribution in [3.63, 3.8) is 0 Å². The first-order chi connectivity index (χ1) is 8.79. The number of anilines is 1. The molecule has 0 aliphatic carbocycles. The molecule has 2 aromatic heterocycles. The fourth-order valence-electron chi connectivity index (χ4n) is 2.82. The number of aromatic nitrogens is 3. The summed E-state index contributed by atoms with van der Waals surface area (Å²) in [7, 11) is 0. The highest BCUT2D eigenvalue weighted by atomic mass is 15.3. The monoisotopic (exact) mass is 245 g/mol. The molecule has 2 atom stereocenters. The van der Waals surface area contributed by atoms with E-state index in [0.29, 0.717) is 12.6 Å². The lowest BCUT2D eigenvalue weighted by Gasteiger charge is -2.38. The lowest BCUT2D eigenvalue weighted by atomic mass is 9.92. The highest BCUT2D eigenvalue weighted by molar-refractivity contribution is 5.68. The van der Waals surface area contributed by atoms with Crippen LogP contribution in [-0.2, 0) is 0 Å². The third kappa shape index (κ3) is 1.84. The van der Waals surface area contributed by atoms with Crippen molar-refractivity contribution in [3.05, 3.63) is 24.7 Å². The maximum atomic E-state index is 5.92. The second-order valence-electron chi connectivity index (χ2n) is 5.12. The van der Waals surface area contributed by atoms with Crippen LogP contribution in [-0.4, -0.2) is 33.7 Å². The van der Waals surface area contributed by atoms with Crippen molar-refractivity contribution in [1.82, 2.24) is 14.6 Å². The van der Waals surface area contributed by atoms with Gasteiger partial charge in [-0.3, -0.25) is 0 Å². The van der Waals surface area contributed by atoms with Gasteiger partial charge >= 0.3 is 0 Å². The van der Waals surface area contributed by atoms with E-state index in [-0.39, 0.29) is 0 Å². The number of rotatable bonds is 2. The molecule has 3 heterocycles. The molecule has 1 aliphatic rings. The van der Waals surface area contributed by atoms with E-state index in [1.165, 1.54) is 6.42 Å². The molecule has 1 aliphatic heterocycles. The predicted octanol–water partition coefficient (Wildman–Crippen LogP) is 1.29. The van der Waals surface area contributed by atoms with Crippen molar-refractivity contribution < 1.29 is 0 Å². The van der Waals surface area contributed by atoms with Gasteiger partial charge in [-0.1, -0.05) is 6.92 Å². The highest BCUT2D eigenvalue weighted by Gasteiger charge is 2.27. The van der Waals surface area contributed by atoms with Crippen molar-refractivity contribution >= 4 is 11.3 Å². The van der Waals surface area contributed by atoms with Crippen molar-refractivity contribution in [2.45, 2.75) is 25.8 Å². The molecule has 1 fully saturated rings. The lowest BCUT2D eigenvalue weighted by Crippen LogP contribution is -2.46. The van der Waals surface area contributed by atoms with E-state index in [2.05, 4.69) is 21.9 Å². The van der Waals surface area contributed by atoms with Crippen LogP contribution in [0.5, 0.6) is 0 Å². The molecule has 0 spiro atoms. The Balaban J connectivity index is 2.00. The molecular formula is C13H19N5. The molecule has 3 rings (SSSR count). The van der Waals surface area contributed by atoms with Crippen molar-refractivity contribution in [1.29, 1.82) is 0 Å². The third-order valence-electron chi connectivity index (χ3n) is 3.83. The first kappa shape index (κ1) is 11.5. The normalized spacial score (nSPS) is 24.7. The van der Waals surface area contributed by atoms with Gasteiger partial charge in [0, 0.05) is 31.5 Å². The van der Waals surface area contributed by atoms with E-state index in [1.54, 1.807) is 6.20 Å². The van der Waals surface area contributed by atoms with Gasteiger partial charge in [0.1, 0.15) is 5.52 Å². The van der Waals surface area contributed by atoms with Crippen molar-refractivity contribution in [2.24, 2.45) is 11.7 Å². The lowest BCUT2D eigenvalue weighted by molar-refractivity contribution is 0.365. The highest BCUT2D eigenvalue weighted by Crippen LogP contribution is 2.28. The van der Waals surface area contributed by atoms with Gasteiger partial charge in [0.25, 0.3) is 0 Å². The Bertz CT molecular complexity index is 535. The minimum atomic E-state index is 0.391. The zero-order chi connectivity index (χ0) is 12.5. The zero-order valence-corrected chi connectivity index (χ0v) is 10.7. The number of fused-ring (bicyclic) bond motifs is 1. The molecule has 2 N–H and O–H groups in total. The quantitative estimate of drug-likeness (QED) is 0.866. The summed E-state index contributed by atoms with van der Waals surface area (Å²) < 4.78 is 1.87. The van der Waals surface area contributed by atoms with Crippen LogP contribution < -0.4 is 10.6 Å². The van der Waals surface area contributed by atoms with Crippen molar-refractivity contribution in [3.8, 4) is 0 Å². The second-order valence-corrected chi connectivity index (χ2v) is 5.12. The average Bonchev–Trinajstić information content (AvgIpc) is 2.86. The molecule has 5 nitrogen and oxygen atoms in total. The molecule has 0 bridgehead atoms. The Kier molecular flexibility index (Phi) is 2.91. The summed E-state index contributed by atoms with van der Waals surface area (Å²) in [6.07, 6.45) is 7.84. The van der Waals surface area contributed by atoms with Crippen LogP contribution in [0.25, 0.3) is 5.52 Å². The number of hydrogen-bond acceptors (Lipinski definition) is 4. The molecule has 0 saturated carbocycles. The first-order valence-electron chi connectivity index (χ1n) is 6.54. The van der Waals surface area contributed by atoms with Crippen LogP contribution in [0.3, 0.4) is 0 Å². The van der Waals surface area contributed by atoms with E-state index in [1.807, 2.05) is 23.0 Å². The van der Waals surface area contributed by atoms with Gasteiger partial charge in [0.05, 0.1) is 6.20 Å². The third-order valence-corrected chi connectivity index (χ3v) is 3.83. The van der Waals surface area contributed by atoms with Crippen LogP contribution in [0, 0.1) is 5.92 Å². The number of hydrogen-bond donors (Lipinski definition) is 1. The predicted molar refractivity (Wildman–Crippen MR) is 71.6 cm³/mol. The smallest absolute Gasteiger partial charge is 0.154 e.